The molecule has 2 aromatic carbocycles. The number of benzene rings is 2. The topological polar surface area (TPSA) is 143 Å². The third-order valence-electron chi connectivity index (χ3n) is 8.58. The van der Waals surface area contributed by atoms with E-state index in [9.17, 15) is 27.2 Å². The van der Waals surface area contributed by atoms with Crippen molar-refractivity contribution in [2.24, 2.45) is 12.5 Å². The molecule has 3 heterocycles. The van der Waals surface area contributed by atoms with Gasteiger partial charge in [0.05, 0.1) is 22.9 Å². The van der Waals surface area contributed by atoms with E-state index in [4.69, 9.17) is 21.7 Å². The molecule has 0 unspecified atom stereocenters. The Morgan fingerprint density at radius 1 is 1.20 bits per heavy atom. The predicted octanol–water partition coefficient (Wildman–Crippen LogP) is 6.27. The fourth-order valence-electron chi connectivity index (χ4n) is 6.22. The number of aromatic nitrogens is 5. The fraction of sp³-hybridized carbons (Fsp3) is 0.394. The number of halogens is 6. The first kappa shape index (κ1) is 35.8. The lowest BCUT2D eigenvalue weighted by molar-refractivity contribution is -0.134. The van der Waals surface area contributed by atoms with Crippen LogP contribution in [-0.2, 0) is 22.1 Å². The molecule has 3 atom stereocenters. The van der Waals surface area contributed by atoms with Gasteiger partial charge >= 0.3 is 6.09 Å². The van der Waals surface area contributed by atoms with Crippen molar-refractivity contribution in [2.45, 2.75) is 63.6 Å². The van der Waals surface area contributed by atoms with Crippen molar-refractivity contribution in [2.75, 3.05) is 6.61 Å². The van der Waals surface area contributed by atoms with E-state index < -0.39 is 78.0 Å². The summed E-state index contributed by atoms with van der Waals surface area (Å²) in [6.45, 7) is 4.91. The second-order valence-electron chi connectivity index (χ2n) is 13.7. The van der Waals surface area contributed by atoms with Crippen molar-refractivity contribution in [3.63, 3.8) is 0 Å². The molecular weight excluding hydrogens is 701 g/mol. The highest BCUT2D eigenvalue weighted by Crippen LogP contribution is 2.44. The number of alkyl carbamates (subject to hydrolysis) is 1. The molecule has 2 fully saturated rings. The second-order valence-corrected chi connectivity index (χ2v) is 14.1. The van der Waals surface area contributed by atoms with Gasteiger partial charge in [-0.05, 0) is 41.2 Å². The number of rotatable bonds is 10. The summed E-state index contributed by atoms with van der Waals surface area (Å²) < 4.78 is 78.1. The van der Waals surface area contributed by atoms with Crippen molar-refractivity contribution < 1.29 is 36.3 Å². The van der Waals surface area contributed by atoms with Crippen molar-refractivity contribution >= 4 is 29.6 Å². The van der Waals surface area contributed by atoms with E-state index in [1.54, 1.807) is 19.3 Å². The monoisotopic (exact) mass is 733 g/mol. The lowest BCUT2D eigenvalue weighted by Gasteiger charge is -2.35. The summed E-state index contributed by atoms with van der Waals surface area (Å²) in [6, 6.07) is 5.62. The molecule has 2 amide bonds. The van der Waals surface area contributed by atoms with E-state index in [2.05, 4.69) is 25.8 Å². The molecule has 1 saturated heterocycles. The summed E-state index contributed by atoms with van der Waals surface area (Å²) in [6.07, 6.45) is -0.698. The molecule has 0 spiro atoms. The summed E-state index contributed by atoms with van der Waals surface area (Å²) in [5, 5.41) is 22.0. The van der Waals surface area contributed by atoms with E-state index in [0.29, 0.717) is 5.56 Å². The van der Waals surface area contributed by atoms with Crippen LogP contribution in [0.1, 0.15) is 63.0 Å². The number of carbonyl (C=O) groups excluding carboxylic acids is 2. The molecule has 12 nitrogen and oxygen atoms in total. The number of carbonyl (C=O) groups is 2. The van der Waals surface area contributed by atoms with Gasteiger partial charge in [0.15, 0.2) is 11.8 Å². The molecule has 0 radical (unpaired) electrons. The number of hydrogen-bond acceptors (Lipinski definition) is 7. The van der Waals surface area contributed by atoms with Crippen LogP contribution in [-0.4, -0.2) is 66.0 Å². The minimum absolute atomic E-state index is 0.0215. The standard InChI is InChI=1S/C33H33ClF5N9O3/c1-31(2,3)15-32(19-6-7-20(22(35)10-19)18-12-42-46(4)13-18)28(49)47(29(40)45-32)24(14-51-30(50)44-25-11-33(25,38)39)17-5-8-21(34)23(9-17)48-27(26(36)37)41-16-43-48/h5-10,12-13,16,24-26H,11,14-15H2,1-4H3,(H2,40,45)(H,44,50)/t24-,25+,32-/m1/s1. The van der Waals surface area contributed by atoms with Gasteiger partial charge in [-0.15, -0.1) is 0 Å². The van der Waals surface area contributed by atoms with Gasteiger partial charge in [0.1, 0.15) is 30.3 Å². The van der Waals surface area contributed by atoms with Crippen LogP contribution in [0.4, 0.5) is 26.7 Å². The molecule has 3 N–H and O–H groups in total. The number of nitrogens with one attached hydrogen (secondary N) is 3. The highest BCUT2D eigenvalue weighted by atomic mass is 35.5. The van der Waals surface area contributed by atoms with Gasteiger partial charge in [0, 0.05) is 30.8 Å². The van der Waals surface area contributed by atoms with Gasteiger partial charge in [-0.25, -0.2) is 36.4 Å². The van der Waals surface area contributed by atoms with Gasteiger partial charge in [0.25, 0.3) is 18.3 Å². The summed E-state index contributed by atoms with van der Waals surface area (Å²) >= 11 is 6.40. The number of ether oxygens (including phenoxy) is 1. The van der Waals surface area contributed by atoms with Crippen molar-refractivity contribution in [1.82, 2.24) is 40.1 Å². The highest BCUT2D eigenvalue weighted by Gasteiger charge is 2.58. The smallest absolute Gasteiger partial charge is 0.407 e. The van der Waals surface area contributed by atoms with Crippen LogP contribution in [0, 0.1) is 16.6 Å². The van der Waals surface area contributed by atoms with Crippen molar-refractivity contribution in [1.29, 1.82) is 5.41 Å². The second kappa shape index (κ2) is 12.9. The van der Waals surface area contributed by atoms with Crippen LogP contribution in [0.15, 0.2) is 55.1 Å². The molecule has 0 bridgehead atoms. The quantitative estimate of drug-likeness (QED) is 0.163. The van der Waals surface area contributed by atoms with E-state index in [0.717, 1.165) is 15.9 Å². The zero-order valence-electron chi connectivity index (χ0n) is 27.7. The molecule has 18 heteroatoms. The van der Waals surface area contributed by atoms with Gasteiger partial charge in [-0.1, -0.05) is 50.6 Å². The Morgan fingerprint density at radius 3 is 2.53 bits per heavy atom. The minimum atomic E-state index is -3.09. The molecule has 1 saturated carbocycles. The number of nitrogens with zero attached hydrogens (tertiary/aromatic N) is 6. The van der Waals surface area contributed by atoms with Crippen LogP contribution in [0.5, 0.6) is 0 Å². The zero-order chi connectivity index (χ0) is 37.0. The average molecular weight is 734 g/mol. The molecule has 4 aromatic rings. The maximum absolute atomic E-state index is 15.8. The fourth-order valence-corrected chi connectivity index (χ4v) is 6.42. The van der Waals surface area contributed by atoms with Gasteiger partial charge in [0.2, 0.25) is 0 Å². The normalized spacial score (nSPS) is 20.5. The lowest BCUT2D eigenvalue weighted by atomic mass is 9.75. The predicted molar refractivity (Wildman–Crippen MR) is 174 cm³/mol. The average Bonchev–Trinajstić information content (AvgIpc) is 3.44. The Labute approximate surface area is 293 Å². The first-order valence-corrected chi connectivity index (χ1v) is 16.1. The number of amides is 2. The third kappa shape index (κ3) is 6.98. The van der Waals surface area contributed by atoms with Crippen molar-refractivity contribution in [3.8, 4) is 16.8 Å². The zero-order valence-corrected chi connectivity index (χ0v) is 28.5. The number of hydrogen-bond donors (Lipinski definition) is 3. The van der Waals surface area contributed by atoms with E-state index in [1.807, 2.05) is 20.8 Å². The molecule has 2 aromatic heterocycles. The van der Waals surface area contributed by atoms with Crippen LogP contribution in [0.2, 0.25) is 5.02 Å². The molecule has 51 heavy (non-hydrogen) atoms. The maximum atomic E-state index is 15.8. The summed E-state index contributed by atoms with van der Waals surface area (Å²) in [7, 11) is 1.69. The maximum Gasteiger partial charge on any atom is 0.407 e. The Kier molecular flexibility index (Phi) is 9.06. The molecule has 1 aliphatic carbocycles. The summed E-state index contributed by atoms with van der Waals surface area (Å²) in [5.74, 6) is -5.63. The largest absolute Gasteiger partial charge is 0.447 e. The lowest BCUT2D eigenvalue weighted by Crippen LogP contribution is -2.47. The van der Waals surface area contributed by atoms with E-state index >= 15 is 4.39 Å². The number of aryl methyl sites for hydroxylation is 1. The first-order valence-electron chi connectivity index (χ1n) is 15.7. The third-order valence-corrected chi connectivity index (χ3v) is 8.90. The number of alkyl halides is 4. The molecule has 1 aliphatic heterocycles. The SMILES string of the molecule is Cn1cc(-c2ccc([C@@]3(CC(C)(C)C)NC(=N)N([C@H](COC(=O)N[C@H]4CC4(F)F)c4ccc(Cl)c(-n5ncnc5C(F)F)c4)C3=O)cc2F)cn1. The van der Waals surface area contributed by atoms with Gasteiger partial charge in [-0.2, -0.15) is 10.2 Å². The van der Waals surface area contributed by atoms with E-state index in [1.165, 1.54) is 41.2 Å². The van der Waals surface area contributed by atoms with Gasteiger partial charge in [-0.3, -0.25) is 19.8 Å². The molecule has 6 rings (SSSR count). The Balaban J connectivity index is 1.42. The number of guanidine groups is 1. The van der Waals surface area contributed by atoms with Crippen LogP contribution < -0.4 is 10.6 Å². The Bertz CT molecular complexity index is 2010. The summed E-state index contributed by atoms with van der Waals surface area (Å²) in [4.78, 5) is 32.0. The first-order chi connectivity index (χ1) is 23.9. The minimum Gasteiger partial charge on any atom is -0.447 e. The van der Waals surface area contributed by atoms with Crippen LogP contribution in [0.3, 0.4) is 0 Å². The molecule has 2 aliphatic rings. The molecule has 270 valence electrons. The van der Waals surface area contributed by atoms with Crippen LogP contribution in [0.25, 0.3) is 16.8 Å². The summed E-state index contributed by atoms with van der Waals surface area (Å²) in [5.41, 5.74) is -1.25. The van der Waals surface area contributed by atoms with Crippen molar-refractivity contribution in [3.05, 3.63) is 82.9 Å². The highest BCUT2D eigenvalue weighted by molar-refractivity contribution is 6.32. The Hall–Kier alpha value is -5.06. The van der Waals surface area contributed by atoms with E-state index in [-0.39, 0.29) is 33.8 Å². The molecular formula is C33H33ClF5N9O3. The Morgan fingerprint density at radius 2 is 1.92 bits per heavy atom. The van der Waals surface area contributed by atoms with Gasteiger partial charge < -0.3 is 15.4 Å². The van der Waals surface area contributed by atoms with Crippen LogP contribution >= 0.6 is 11.6 Å².